The summed E-state index contributed by atoms with van der Waals surface area (Å²) in [6.45, 7) is 2.79. The molecule has 0 bridgehead atoms. The van der Waals surface area contributed by atoms with Crippen molar-refractivity contribution in [3.05, 3.63) is 70.4 Å². The first kappa shape index (κ1) is 19.3. The monoisotopic (exact) mass is 371 g/mol. The van der Waals surface area contributed by atoms with Gasteiger partial charge in [0.05, 0.1) is 0 Å². The second-order valence-electron chi connectivity index (χ2n) is 6.93. The molecule has 144 valence electrons. The third kappa shape index (κ3) is 5.26. The molecule has 0 spiro atoms. The highest BCUT2D eigenvalue weighted by atomic mass is 19.1. The third-order valence-electron chi connectivity index (χ3n) is 4.96. The molecule has 0 saturated carbocycles. The predicted octanol–water partition coefficient (Wildman–Crippen LogP) is 2.72. The summed E-state index contributed by atoms with van der Waals surface area (Å²) in [5, 5.41) is 2.99. The van der Waals surface area contributed by atoms with Crippen LogP contribution >= 0.6 is 0 Å². The molecule has 3 rings (SSSR count). The number of pyridine rings is 1. The Kier molecular flexibility index (Phi) is 6.76. The number of hydrogen-bond acceptors (Lipinski definition) is 3. The van der Waals surface area contributed by atoms with Crippen LogP contribution in [0.3, 0.4) is 0 Å². The number of aryl methyl sites for hydroxylation is 1. The van der Waals surface area contributed by atoms with E-state index in [0.717, 1.165) is 31.5 Å². The molecule has 1 aliphatic rings. The average molecular weight is 371 g/mol. The first-order chi connectivity index (χ1) is 13.1. The van der Waals surface area contributed by atoms with E-state index in [9.17, 15) is 14.0 Å². The lowest BCUT2D eigenvalue weighted by Gasteiger charge is -2.34. The Labute approximate surface area is 158 Å². The molecule has 0 unspecified atom stereocenters. The largest absolute Gasteiger partial charge is 0.354 e. The fraction of sp³-hybridized carbons (Fsp3) is 0.429. The number of nitrogens with zero attached hydrogens (tertiary/aromatic N) is 2. The molecule has 1 amide bonds. The summed E-state index contributed by atoms with van der Waals surface area (Å²) < 4.78 is 14.9. The minimum absolute atomic E-state index is 0.0404. The minimum Gasteiger partial charge on any atom is -0.354 e. The Morgan fingerprint density at radius 2 is 1.81 bits per heavy atom. The van der Waals surface area contributed by atoms with Crippen molar-refractivity contribution < 1.29 is 9.18 Å². The number of carbonyl (C=O) groups is 1. The Hall–Kier alpha value is -2.47. The molecule has 1 aromatic carbocycles. The van der Waals surface area contributed by atoms with Crippen LogP contribution in [0.15, 0.2) is 53.5 Å². The van der Waals surface area contributed by atoms with Crippen molar-refractivity contribution in [2.45, 2.75) is 38.3 Å². The number of nitrogens with one attached hydrogen (secondary N) is 1. The molecule has 2 aromatic rings. The zero-order chi connectivity index (χ0) is 19.1. The molecule has 1 saturated heterocycles. The van der Waals surface area contributed by atoms with Gasteiger partial charge in [-0.05, 0) is 56.1 Å². The molecule has 1 aliphatic heterocycles. The van der Waals surface area contributed by atoms with E-state index in [0.29, 0.717) is 19.5 Å². The van der Waals surface area contributed by atoms with Gasteiger partial charge in [-0.1, -0.05) is 24.6 Å². The van der Waals surface area contributed by atoms with E-state index >= 15 is 0 Å². The standard InChI is InChI=1S/C21H26FN3O2/c22-18-10-8-17(9-11-18)20(25-14-3-1-4-15-25)21(27)23-12-6-16-24-13-5-2-7-19(24)26/h2,5,7-11,13,20H,1,3-4,6,12,14-16H2,(H,23,27)/t20-/m1/s1. The fourth-order valence-electron chi connectivity index (χ4n) is 3.55. The summed E-state index contributed by atoms with van der Waals surface area (Å²) in [6, 6.07) is 10.9. The van der Waals surface area contributed by atoms with E-state index in [1.165, 1.54) is 24.6 Å². The van der Waals surface area contributed by atoms with Crippen molar-refractivity contribution in [1.29, 1.82) is 0 Å². The van der Waals surface area contributed by atoms with Crippen LogP contribution in [-0.2, 0) is 11.3 Å². The smallest absolute Gasteiger partial charge is 0.250 e. The normalized spacial score (nSPS) is 16.0. The molecule has 1 atom stereocenters. The number of hydrogen-bond donors (Lipinski definition) is 1. The number of rotatable bonds is 7. The molecule has 5 nitrogen and oxygen atoms in total. The van der Waals surface area contributed by atoms with Gasteiger partial charge in [-0.2, -0.15) is 0 Å². The number of aromatic nitrogens is 1. The maximum atomic E-state index is 13.3. The molecule has 27 heavy (non-hydrogen) atoms. The van der Waals surface area contributed by atoms with Crippen LogP contribution in [0.1, 0.15) is 37.3 Å². The van der Waals surface area contributed by atoms with Crippen molar-refractivity contribution >= 4 is 5.91 Å². The van der Waals surface area contributed by atoms with Gasteiger partial charge in [-0.25, -0.2) is 4.39 Å². The summed E-state index contributed by atoms with van der Waals surface area (Å²) in [6.07, 6.45) is 5.74. The predicted molar refractivity (Wildman–Crippen MR) is 103 cm³/mol. The first-order valence-electron chi connectivity index (χ1n) is 9.58. The molecule has 1 fully saturated rings. The molecular weight excluding hydrogens is 345 g/mol. The van der Waals surface area contributed by atoms with Crippen LogP contribution in [0.25, 0.3) is 0 Å². The lowest BCUT2D eigenvalue weighted by Crippen LogP contribution is -2.43. The summed E-state index contributed by atoms with van der Waals surface area (Å²) in [7, 11) is 0. The molecule has 6 heteroatoms. The second kappa shape index (κ2) is 9.46. The SMILES string of the molecule is O=C(NCCCn1ccccc1=O)[C@@H](c1ccc(F)cc1)N1CCCCC1. The maximum absolute atomic E-state index is 13.3. The zero-order valence-corrected chi connectivity index (χ0v) is 15.4. The number of likely N-dealkylation sites (tertiary alicyclic amines) is 1. The zero-order valence-electron chi connectivity index (χ0n) is 15.4. The third-order valence-corrected chi connectivity index (χ3v) is 4.96. The fourth-order valence-corrected chi connectivity index (χ4v) is 3.55. The van der Waals surface area contributed by atoms with Crippen LogP contribution in [0, 0.1) is 5.82 Å². The lowest BCUT2D eigenvalue weighted by atomic mass is 10.0. The van der Waals surface area contributed by atoms with Gasteiger partial charge >= 0.3 is 0 Å². The van der Waals surface area contributed by atoms with E-state index in [2.05, 4.69) is 10.2 Å². The average Bonchev–Trinajstić information content (AvgIpc) is 2.69. The van der Waals surface area contributed by atoms with E-state index in [4.69, 9.17) is 0 Å². The molecule has 1 aromatic heterocycles. The Balaban J connectivity index is 1.61. The number of halogens is 1. The topological polar surface area (TPSA) is 54.3 Å². The van der Waals surface area contributed by atoms with Gasteiger partial charge in [0.2, 0.25) is 11.5 Å². The summed E-state index contributed by atoms with van der Waals surface area (Å²) >= 11 is 0. The van der Waals surface area contributed by atoms with Gasteiger partial charge in [-0.3, -0.25) is 14.5 Å². The van der Waals surface area contributed by atoms with Crippen molar-refractivity contribution in [3.63, 3.8) is 0 Å². The van der Waals surface area contributed by atoms with Gasteiger partial charge < -0.3 is 9.88 Å². The first-order valence-corrected chi connectivity index (χ1v) is 9.58. The highest BCUT2D eigenvalue weighted by Gasteiger charge is 2.28. The van der Waals surface area contributed by atoms with Crippen LogP contribution < -0.4 is 10.9 Å². The second-order valence-corrected chi connectivity index (χ2v) is 6.93. The quantitative estimate of drug-likeness (QED) is 0.762. The Bertz CT molecular complexity index is 798. The van der Waals surface area contributed by atoms with Gasteiger partial charge in [0.1, 0.15) is 11.9 Å². The van der Waals surface area contributed by atoms with Crippen molar-refractivity contribution in [2.75, 3.05) is 19.6 Å². The van der Waals surface area contributed by atoms with Gasteiger partial charge in [-0.15, -0.1) is 0 Å². The molecule has 0 radical (unpaired) electrons. The van der Waals surface area contributed by atoms with E-state index in [1.807, 2.05) is 6.07 Å². The van der Waals surface area contributed by atoms with Crippen molar-refractivity contribution in [2.24, 2.45) is 0 Å². The number of amides is 1. The van der Waals surface area contributed by atoms with Crippen LogP contribution in [0.2, 0.25) is 0 Å². The van der Waals surface area contributed by atoms with Crippen molar-refractivity contribution in [1.82, 2.24) is 14.8 Å². The number of piperidine rings is 1. The summed E-state index contributed by atoms with van der Waals surface area (Å²) in [5.74, 6) is -0.367. The Morgan fingerprint density at radius 3 is 2.52 bits per heavy atom. The number of carbonyl (C=O) groups excluding carboxylic acids is 1. The van der Waals surface area contributed by atoms with Gasteiger partial charge in [0.25, 0.3) is 0 Å². The maximum Gasteiger partial charge on any atom is 0.250 e. The highest BCUT2D eigenvalue weighted by molar-refractivity contribution is 5.83. The lowest BCUT2D eigenvalue weighted by molar-refractivity contribution is -0.127. The molecular formula is C21H26FN3O2. The van der Waals surface area contributed by atoms with Gasteiger partial charge in [0, 0.05) is 25.4 Å². The summed E-state index contributed by atoms with van der Waals surface area (Å²) in [5.41, 5.74) is 0.774. The molecule has 1 N–H and O–H groups in total. The Morgan fingerprint density at radius 1 is 1.07 bits per heavy atom. The number of benzene rings is 1. The van der Waals surface area contributed by atoms with E-state index < -0.39 is 6.04 Å². The highest BCUT2D eigenvalue weighted by Crippen LogP contribution is 2.25. The molecule has 0 aliphatic carbocycles. The van der Waals surface area contributed by atoms with E-state index in [-0.39, 0.29) is 17.3 Å². The van der Waals surface area contributed by atoms with Crippen LogP contribution in [0.5, 0.6) is 0 Å². The summed E-state index contributed by atoms with van der Waals surface area (Å²) in [4.78, 5) is 26.8. The minimum atomic E-state index is -0.398. The molecule has 2 heterocycles. The van der Waals surface area contributed by atoms with Crippen LogP contribution in [0.4, 0.5) is 4.39 Å². The van der Waals surface area contributed by atoms with E-state index in [1.54, 1.807) is 29.0 Å². The van der Waals surface area contributed by atoms with Crippen molar-refractivity contribution in [3.8, 4) is 0 Å². The van der Waals surface area contributed by atoms with Gasteiger partial charge in [0.15, 0.2) is 0 Å². The van der Waals surface area contributed by atoms with Crippen LogP contribution in [-0.4, -0.2) is 35.0 Å².